The summed E-state index contributed by atoms with van der Waals surface area (Å²) < 4.78 is 17.7. The molecule has 0 spiro atoms. The van der Waals surface area contributed by atoms with Gasteiger partial charge in [0.1, 0.15) is 6.04 Å². The Kier molecular flexibility index (Phi) is 11.8. The fourth-order valence-corrected chi connectivity index (χ4v) is 5.72. The first kappa shape index (κ1) is 31.5. The van der Waals surface area contributed by atoms with Crippen molar-refractivity contribution >= 4 is 29.4 Å². The van der Waals surface area contributed by atoms with Gasteiger partial charge < -0.3 is 35.1 Å². The molecule has 2 amide bonds. The summed E-state index contributed by atoms with van der Waals surface area (Å²) in [7, 11) is 1.29. The van der Waals surface area contributed by atoms with Crippen LogP contribution < -0.4 is 10.6 Å². The largest absolute Gasteiger partial charge is 0.467 e. The summed E-state index contributed by atoms with van der Waals surface area (Å²) in [4.78, 5) is 25.1. The molecule has 0 radical (unpaired) electrons. The molecule has 1 fully saturated rings. The molecule has 1 saturated heterocycles. The second-order valence-electron chi connectivity index (χ2n) is 10.1. The van der Waals surface area contributed by atoms with E-state index in [0.717, 1.165) is 22.3 Å². The van der Waals surface area contributed by atoms with E-state index in [9.17, 15) is 19.8 Å². The molecule has 5 atom stereocenters. The van der Waals surface area contributed by atoms with Crippen molar-refractivity contribution in [2.45, 2.75) is 44.5 Å². The number of nitrogens with one attached hydrogen (secondary N) is 2. The number of carbonyl (C=O) groups excluding carboxylic acids is 2. The minimum Gasteiger partial charge on any atom is -0.467 e. The van der Waals surface area contributed by atoms with E-state index in [0.29, 0.717) is 23.6 Å². The highest BCUT2D eigenvalue weighted by Gasteiger charge is 2.38. The maximum Gasteiger partial charge on any atom is 0.328 e. The van der Waals surface area contributed by atoms with Crippen LogP contribution in [-0.2, 0) is 32.0 Å². The Morgan fingerprint density at radius 1 is 0.929 bits per heavy atom. The number of methoxy groups -OCH3 is 1. The number of thioether (sulfide) groups is 1. The number of ether oxygens (including phenoxy) is 3. The van der Waals surface area contributed by atoms with Gasteiger partial charge >= 0.3 is 12.0 Å². The monoisotopic (exact) mass is 594 g/mol. The highest BCUT2D eigenvalue weighted by atomic mass is 32.2. The van der Waals surface area contributed by atoms with E-state index in [2.05, 4.69) is 17.6 Å². The van der Waals surface area contributed by atoms with Crippen molar-refractivity contribution in [3.8, 4) is 0 Å². The Labute approximate surface area is 250 Å². The average Bonchev–Trinajstić information content (AvgIpc) is 3.02. The first-order valence-corrected chi connectivity index (χ1v) is 15.1. The average molecular weight is 595 g/mol. The summed E-state index contributed by atoms with van der Waals surface area (Å²) in [6.45, 7) is 2.17. The normalized spacial score (nSPS) is 20.9. The van der Waals surface area contributed by atoms with E-state index >= 15 is 0 Å². The van der Waals surface area contributed by atoms with Crippen molar-refractivity contribution in [2.24, 2.45) is 5.92 Å². The maximum atomic E-state index is 12.8. The number of hydrogen-bond donors (Lipinski definition) is 4. The van der Waals surface area contributed by atoms with E-state index in [1.54, 1.807) is 23.9 Å². The van der Waals surface area contributed by atoms with Gasteiger partial charge in [-0.1, -0.05) is 73.7 Å². The van der Waals surface area contributed by atoms with Gasteiger partial charge in [-0.2, -0.15) is 11.8 Å². The van der Waals surface area contributed by atoms with Crippen molar-refractivity contribution in [3.05, 3.63) is 101 Å². The number of rotatable bonds is 12. The summed E-state index contributed by atoms with van der Waals surface area (Å²) in [6.07, 6.45) is -0.692. The van der Waals surface area contributed by atoms with Crippen LogP contribution in [0, 0.1) is 5.92 Å². The van der Waals surface area contributed by atoms with Gasteiger partial charge in [0.15, 0.2) is 6.29 Å². The topological polar surface area (TPSA) is 126 Å². The number of aliphatic hydroxyl groups excluding tert-OH is 2. The zero-order valence-corrected chi connectivity index (χ0v) is 24.6. The second kappa shape index (κ2) is 15.7. The summed E-state index contributed by atoms with van der Waals surface area (Å²) in [5, 5.41) is 24.2. The van der Waals surface area contributed by atoms with Gasteiger partial charge in [-0.3, -0.25) is 0 Å². The van der Waals surface area contributed by atoms with Gasteiger partial charge in [-0.05, 0) is 28.8 Å². The van der Waals surface area contributed by atoms with Crippen molar-refractivity contribution in [1.82, 2.24) is 5.32 Å². The molecule has 1 heterocycles. The van der Waals surface area contributed by atoms with Gasteiger partial charge in [0.25, 0.3) is 0 Å². The fraction of sp³-hybridized carbons (Fsp3) is 0.375. The summed E-state index contributed by atoms with van der Waals surface area (Å²) >= 11 is 1.63. The fourth-order valence-electron chi connectivity index (χ4n) is 4.81. The molecule has 42 heavy (non-hydrogen) atoms. The number of carbonyl (C=O) groups is 2. The predicted octanol–water partition coefficient (Wildman–Crippen LogP) is 4.60. The third-order valence-corrected chi connectivity index (χ3v) is 8.19. The maximum absolute atomic E-state index is 12.8. The van der Waals surface area contributed by atoms with Crippen molar-refractivity contribution in [1.29, 1.82) is 0 Å². The van der Waals surface area contributed by atoms with Crippen LogP contribution in [0.2, 0.25) is 0 Å². The number of amides is 2. The van der Waals surface area contributed by atoms with Crippen LogP contribution in [0.4, 0.5) is 10.5 Å². The van der Waals surface area contributed by atoms with E-state index in [1.165, 1.54) is 7.11 Å². The third-order valence-electron chi connectivity index (χ3n) is 7.16. The SMILES string of the molecule is COC(=O)[C@H](Cc1ccccc1)NC(=O)Nc1ccc([C@H]2O[C@@H](CSCCO)[C@@H](C)[C@@H](c3ccc(CO)cc3)O2)cc1. The van der Waals surface area contributed by atoms with Crippen LogP contribution >= 0.6 is 11.8 Å². The van der Waals surface area contributed by atoms with Gasteiger partial charge in [0.05, 0.1) is 32.5 Å². The molecule has 224 valence electrons. The smallest absolute Gasteiger partial charge is 0.328 e. The Morgan fingerprint density at radius 2 is 1.62 bits per heavy atom. The Bertz CT molecular complexity index is 1270. The molecule has 3 aromatic carbocycles. The number of esters is 1. The van der Waals surface area contributed by atoms with Gasteiger partial charge in [0.2, 0.25) is 0 Å². The number of urea groups is 1. The molecule has 10 heteroatoms. The van der Waals surface area contributed by atoms with Gasteiger partial charge in [-0.25, -0.2) is 9.59 Å². The van der Waals surface area contributed by atoms with Crippen LogP contribution in [0.5, 0.6) is 0 Å². The number of anilines is 1. The molecule has 0 aliphatic carbocycles. The molecule has 0 bridgehead atoms. The second-order valence-corrected chi connectivity index (χ2v) is 11.3. The van der Waals surface area contributed by atoms with E-state index in [-0.39, 0.29) is 31.3 Å². The first-order chi connectivity index (χ1) is 20.4. The Hall–Kier alpha value is -3.41. The lowest BCUT2D eigenvalue weighted by atomic mass is 9.91. The van der Waals surface area contributed by atoms with E-state index < -0.39 is 24.3 Å². The standard InChI is InChI=1S/C32H38N2O7S/c1-21-28(20-42-17-16-35)40-31(41-29(21)24-10-8-23(19-36)9-11-24)25-12-14-26(15-13-25)33-32(38)34-27(30(37)39-2)18-22-6-4-3-5-7-22/h3-15,21,27-29,31,35-36H,16-20H2,1-2H3,(H2,33,34,38)/t21-,27+,28+,29+,31+/m1/s1. The lowest BCUT2D eigenvalue weighted by molar-refractivity contribution is -0.268. The molecule has 0 saturated carbocycles. The Balaban J connectivity index is 1.44. The lowest BCUT2D eigenvalue weighted by Crippen LogP contribution is -2.45. The highest BCUT2D eigenvalue weighted by Crippen LogP contribution is 2.42. The van der Waals surface area contributed by atoms with E-state index in [1.807, 2.05) is 66.7 Å². The molecule has 4 N–H and O–H groups in total. The minimum absolute atomic E-state index is 0.0255. The zero-order chi connectivity index (χ0) is 29.9. The zero-order valence-electron chi connectivity index (χ0n) is 23.8. The molecule has 4 rings (SSSR count). The molecule has 1 aliphatic heterocycles. The Morgan fingerprint density at radius 3 is 2.26 bits per heavy atom. The molecular weight excluding hydrogens is 556 g/mol. The predicted molar refractivity (Wildman–Crippen MR) is 162 cm³/mol. The van der Waals surface area contributed by atoms with Crippen LogP contribution in [0.3, 0.4) is 0 Å². The highest BCUT2D eigenvalue weighted by molar-refractivity contribution is 7.99. The molecule has 1 aliphatic rings. The van der Waals surface area contributed by atoms with Gasteiger partial charge in [0, 0.05) is 35.1 Å². The van der Waals surface area contributed by atoms with Crippen molar-refractivity contribution < 1.29 is 34.0 Å². The van der Waals surface area contributed by atoms with Crippen molar-refractivity contribution in [3.63, 3.8) is 0 Å². The van der Waals surface area contributed by atoms with Gasteiger partial charge in [-0.15, -0.1) is 0 Å². The molecule has 9 nitrogen and oxygen atoms in total. The first-order valence-electron chi connectivity index (χ1n) is 13.9. The van der Waals surface area contributed by atoms with Crippen LogP contribution in [0.1, 0.15) is 41.6 Å². The minimum atomic E-state index is -0.841. The molecule has 0 aromatic heterocycles. The van der Waals surface area contributed by atoms with Crippen LogP contribution in [0.25, 0.3) is 0 Å². The summed E-state index contributed by atoms with van der Waals surface area (Å²) in [5.74, 6) is 0.850. The molecule has 0 unspecified atom stereocenters. The lowest BCUT2D eigenvalue weighted by Gasteiger charge is -2.41. The summed E-state index contributed by atoms with van der Waals surface area (Å²) in [6, 6.07) is 22.9. The molecular formula is C32H38N2O7S. The van der Waals surface area contributed by atoms with E-state index in [4.69, 9.17) is 14.2 Å². The van der Waals surface area contributed by atoms with Crippen molar-refractivity contribution in [2.75, 3.05) is 30.5 Å². The number of aliphatic hydroxyl groups is 2. The third kappa shape index (κ3) is 8.56. The van der Waals surface area contributed by atoms with Crippen LogP contribution in [0.15, 0.2) is 78.9 Å². The number of hydrogen-bond acceptors (Lipinski definition) is 8. The summed E-state index contributed by atoms with van der Waals surface area (Å²) in [5.41, 5.74) is 4.05. The van der Waals surface area contributed by atoms with Crippen LogP contribution in [-0.4, -0.2) is 59.6 Å². The quantitative estimate of drug-likeness (QED) is 0.177. The number of benzene rings is 3. The molecule has 3 aromatic rings.